The lowest BCUT2D eigenvalue weighted by Gasteiger charge is -2.27. The van der Waals surface area contributed by atoms with Crippen LogP contribution in [0.1, 0.15) is 31.4 Å². The van der Waals surface area contributed by atoms with Gasteiger partial charge in [0.15, 0.2) is 0 Å². The van der Waals surface area contributed by atoms with Gasteiger partial charge in [-0.15, -0.1) is 0 Å². The van der Waals surface area contributed by atoms with Crippen molar-refractivity contribution < 1.29 is 13.5 Å². The number of aryl methyl sites for hydroxylation is 1. The molecule has 0 spiro atoms. The number of rotatable bonds is 2. The van der Waals surface area contributed by atoms with E-state index in [9.17, 15) is 14.0 Å². The third kappa shape index (κ3) is 2.91. The zero-order chi connectivity index (χ0) is 13.3. The molecule has 1 saturated carbocycles. The zero-order valence-corrected chi connectivity index (χ0v) is 11.6. The second kappa shape index (κ2) is 4.99. The van der Waals surface area contributed by atoms with Gasteiger partial charge in [-0.2, -0.15) is 0 Å². The van der Waals surface area contributed by atoms with E-state index >= 15 is 0 Å². The summed E-state index contributed by atoms with van der Waals surface area (Å²) in [4.78, 5) is 0. The summed E-state index contributed by atoms with van der Waals surface area (Å²) in [6.45, 7) is 1.71. The number of hydrogen-bond acceptors (Lipinski definition) is 2. The van der Waals surface area contributed by atoms with Crippen molar-refractivity contribution in [3.8, 4) is 0 Å². The zero-order valence-electron chi connectivity index (χ0n) is 10.0. The lowest BCUT2D eigenvalue weighted by molar-refractivity contribution is -0.598. The number of aromatic nitrogens is 1. The van der Waals surface area contributed by atoms with Gasteiger partial charge in [0.25, 0.3) is 5.82 Å². The van der Waals surface area contributed by atoms with Crippen LogP contribution in [-0.2, 0) is 0 Å². The first-order valence-electron chi connectivity index (χ1n) is 5.92. The summed E-state index contributed by atoms with van der Waals surface area (Å²) < 4.78 is 27.5. The summed E-state index contributed by atoms with van der Waals surface area (Å²) in [5, 5.41) is 14.9. The number of nitrogens with one attached hydrogen (secondary N) is 1. The van der Waals surface area contributed by atoms with Crippen molar-refractivity contribution in [3.05, 3.63) is 27.5 Å². The topological polar surface area (TPSA) is 39.0 Å². The molecule has 0 atom stereocenters. The highest BCUT2D eigenvalue weighted by atomic mass is 79.9. The lowest BCUT2D eigenvalue weighted by Crippen LogP contribution is -2.39. The predicted molar refractivity (Wildman–Crippen MR) is 68.7 cm³/mol. The van der Waals surface area contributed by atoms with Crippen molar-refractivity contribution in [3.63, 3.8) is 0 Å². The highest BCUT2D eigenvalue weighted by Gasteiger charge is 2.36. The number of halogens is 3. The minimum absolute atomic E-state index is 0.0667. The molecule has 1 N–H and O–H groups in total. The normalized spacial score (nSPS) is 19.8. The van der Waals surface area contributed by atoms with Crippen LogP contribution in [0.5, 0.6) is 0 Å². The average molecular weight is 321 g/mol. The number of anilines is 1. The summed E-state index contributed by atoms with van der Waals surface area (Å²) in [5.74, 6) is -2.14. The first kappa shape index (κ1) is 13.5. The number of nitrogens with zero attached hydrogens (tertiary/aromatic N) is 1. The van der Waals surface area contributed by atoms with E-state index in [0.29, 0.717) is 28.8 Å². The highest BCUT2D eigenvalue weighted by Crippen LogP contribution is 2.34. The summed E-state index contributed by atoms with van der Waals surface area (Å²) in [7, 11) is 0. The van der Waals surface area contributed by atoms with E-state index in [4.69, 9.17) is 0 Å². The minimum atomic E-state index is -2.55. The SMILES string of the molecule is Cc1ccc(Br)c(NC2CCC(F)(F)CC2)[n+]1[O-]. The van der Waals surface area contributed by atoms with Crippen LogP contribution >= 0.6 is 15.9 Å². The molecule has 3 nitrogen and oxygen atoms in total. The van der Waals surface area contributed by atoms with Gasteiger partial charge in [-0.05, 0) is 47.8 Å². The van der Waals surface area contributed by atoms with Crippen molar-refractivity contribution in [2.75, 3.05) is 5.32 Å². The molecule has 0 aromatic carbocycles. The molecule has 1 heterocycles. The van der Waals surface area contributed by atoms with E-state index in [1.54, 1.807) is 19.1 Å². The summed E-state index contributed by atoms with van der Waals surface area (Å²) >= 11 is 3.30. The van der Waals surface area contributed by atoms with E-state index < -0.39 is 5.92 Å². The van der Waals surface area contributed by atoms with Crippen LogP contribution in [0.3, 0.4) is 0 Å². The molecule has 1 aliphatic rings. The molecule has 0 unspecified atom stereocenters. The molecular weight excluding hydrogens is 306 g/mol. The second-order valence-corrected chi connectivity index (χ2v) is 5.59. The smallest absolute Gasteiger partial charge is 0.292 e. The predicted octanol–water partition coefficient (Wildman–Crippen LogP) is 3.38. The third-order valence-corrected chi connectivity index (χ3v) is 3.92. The summed E-state index contributed by atoms with van der Waals surface area (Å²) in [6.07, 6.45) is 0.528. The fourth-order valence-corrected chi connectivity index (χ4v) is 2.53. The molecule has 0 saturated heterocycles. The van der Waals surface area contributed by atoms with E-state index in [2.05, 4.69) is 21.2 Å². The Morgan fingerprint density at radius 1 is 1.39 bits per heavy atom. The maximum Gasteiger partial charge on any atom is 0.292 e. The molecule has 0 aliphatic heterocycles. The van der Waals surface area contributed by atoms with Crippen molar-refractivity contribution in [2.45, 2.75) is 44.6 Å². The Morgan fingerprint density at radius 2 is 2.00 bits per heavy atom. The van der Waals surface area contributed by atoms with Gasteiger partial charge >= 0.3 is 0 Å². The maximum absolute atomic E-state index is 13.0. The number of hydrogen-bond donors (Lipinski definition) is 1. The summed E-state index contributed by atoms with van der Waals surface area (Å²) in [6, 6.07) is 3.42. The average Bonchev–Trinajstić information content (AvgIpc) is 2.32. The van der Waals surface area contributed by atoms with Crippen LogP contribution in [0, 0.1) is 12.1 Å². The lowest BCUT2D eigenvalue weighted by atomic mass is 9.92. The van der Waals surface area contributed by atoms with Gasteiger partial charge in [0.05, 0.1) is 6.04 Å². The Labute approximate surface area is 113 Å². The van der Waals surface area contributed by atoms with Crippen molar-refractivity contribution >= 4 is 21.7 Å². The van der Waals surface area contributed by atoms with Crippen LogP contribution in [0.2, 0.25) is 0 Å². The van der Waals surface area contributed by atoms with Gasteiger partial charge in [-0.25, -0.2) is 13.5 Å². The molecule has 1 aliphatic carbocycles. The van der Waals surface area contributed by atoms with Crippen molar-refractivity contribution in [1.29, 1.82) is 0 Å². The Kier molecular flexibility index (Phi) is 3.75. The summed E-state index contributed by atoms with van der Waals surface area (Å²) in [5.41, 5.74) is 0.571. The minimum Gasteiger partial charge on any atom is -0.710 e. The third-order valence-electron chi connectivity index (χ3n) is 3.28. The van der Waals surface area contributed by atoms with Gasteiger partial charge < -0.3 is 5.21 Å². The molecule has 1 aromatic rings. The Bertz CT molecular complexity index is 444. The van der Waals surface area contributed by atoms with E-state index in [1.165, 1.54) is 0 Å². The van der Waals surface area contributed by atoms with Gasteiger partial charge in [0, 0.05) is 12.8 Å². The Balaban J connectivity index is 2.09. The maximum atomic E-state index is 13.0. The molecule has 6 heteroatoms. The quantitative estimate of drug-likeness (QED) is 0.670. The molecule has 0 radical (unpaired) electrons. The van der Waals surface area contributed by atoms with Crippen LogP contribution in [0.15, 0.2) is 16.6 Å². The second-order valence-electron chi connectivity index (χ2n) is 4.74. The molecule has 100 valence electrons. The van der Waals surface area contributed by atoms with Gasteiger partial charge in [-0.1, -0.05) is 0 Å². The fraction of sp³-hybridized carbons (Fsp3) is 0.583. The largest absolute Gasteiger partial charge is 0.710 e. The molecule has 18 heavy (non-hydrogen) atoms. The monoisotopic (exact) mass is 320 g/mol. The first-order chi connectivity index (χ1) is 8.39. The highest BCUT2D eigenvalue weighted by molar-refractivity contribution is 9.10. The molecule has 0 amide bonds. The standard InChI is InChI=1S/C12H15BrF2N2O/c1-8-2-3-10(13)11(17(8)18)16-9-4-6-12(14,15)7-5-9/h2-3,9,16H,4-7H2,1H3. The van der Waals surface area contributed by atoms with Crippen LogP contribution in [0.25, 0.3) is 0 Å². The Morgan fingerprint density at radius 3 is 2.61 bits per heavy atom. The number of alkyl halides is 2. The molecule has 1 aromatic heterocycles. The van der Waals surface area contributed by atoms with Crippen LogP contribution < -0.4 is 10.0 Å². The molecule has 1 fully saturated rings. The van der Waals surface area contributed by atoms with Crippen LogP contribution in [0.4, 0.5) is 14.6 Å². The number of pyridine rings is 1. The van der Waals surface area contributed by atoms with E-state index in [1.807, 2.05) is 0 Å². The van der Waals surface area contributed by atoms with Gasteiger partial charge in [0.2, 0.25) is 5.92 Å². The molecule has 0 bridgehead atoms. The Hall–Kier alpha value is -0.910. The van der Waals surface area contributed by atoms with Crippen LogP contribution in [-0.4, -0.2) is 12.0 Å². The van der Waals surface area contributed by atoms with Gasteiger partial charge in [0.1, 0.15) is 10.2 Å². The molecule has 2 rings (SSSR count). The first-order valence-corrected chi connectivity index (χ1v) is 6.71. The molecular formula is C12H15BrF2N2O. The van der Waals surface area contributed by atoms with E-state index in [-0.39, 0.29) is 18.9 Å². The van der Waals surface area contributed by atoms with Crippen molar-refractivity contribution in [2.24, 2.45) is 0 Å². The van der Waals surface area contributed by atoms with Gasteiger partial charge in [-0.3, -0.25) is 5.32 Å². The van der Waals surface area contributed by atoms with Crippen molar-refractivity contribution in [1.82, 2.24) is 0 Å². The fourth-order valence-electron chi connectivity index (χ4n) is 2.12. The van der Waals surface area contributed by atoms with E-state index in [0.717, 1.165) is 4.73 Å².